The number of esters is 1. The van der Waals surface area contributed by atoms with E-state index in [1.807, 2.05) is 24.3 Å². The molecule has 0 saturated heterocycles. The predicted octanol–water partition coefficient (Wildman–Crippen LogP) is 4.15. The maximum Gasteiger partial charge on any atom is 0.330 e. The molecule has 0 saturated carbocycles. The molecule has 5 heteroatoms. The van der Waals surface area contributed by atoms with Gasteiger partial charge in [-0.05, 0) is 54.9 Å². The second-order valence-corrected chi connectivity index (χ2v) is 6.09. The first-order valence-corrected chi connectivity index (χ1v) is 8.59. The summed E-state index contributed by atoms with van der Waals surface area (Å²) in [5, 5.41) is 8.74. The summed E-state index contributed by atoms with van der Waals surface area (Å²) in [7, 11) is 0. The maximum atomic E-state index is 12.6. The first-order chi connectivity index (χ1) is 12.1. The third kappa shape index (κ3) is 5.63. The van der Waals surface area contributed by atoms with Crippen LogP contribution in [-0.4, -0.2) is 17.7 Å². The van der Waals surface area contributed by atoms with E-state index >= 15 is 0 Å². The molecular weight excluding hydrogens is 334 g/mol. The van der Waals surface area contributed by atoms with E-state index in [0.717, 1.165) is 22.2 Å². The van der Waals surface area contributed by atoms with Crippen LogP contribution in [0.25, 0.3) is 0 Å². The summed E-state index contributed by atoms with van der Waals surface area (Å²) < 4.78 is 4.84. The predicted molar refractivity (Wildman–Crippen MR) is 97.3 cm³/mol. The van der Waals surface area contributed by atoms with Gasteiger partial charge in [-0.3, -0.25) is 4.79 Å². The monoisotopic (exact) mass is 351 g/mol. The van der Waals surface area contributed by atoms with Crippen LogP contribution in [0.2, 0.25) is 0 Å². The molecule has 0 spiro atoms. The van der Waals surface area contributed by atoms with Crippen LogP contribution in [0.3, 0.4) is 0 Å². The van der Waals surface area contributed by atoms with Gasteiger partial charge in [-0.25, -0.2) is 4.79 Å². The summed E-state index contributed by atoms with van der Waals surface area (Å²) in [5.74, 6) is -0.390. The molecule has 0 radical (unpaired) electrons. The number of nitrogens with zero attached hydrogens (tertiary/aromatic N) is 1. The lowest BCUT2D eigenvalue weighted by atomic mass is 10.1. The van der Waals surface area contributed by atoms with E-state index in [0.29, 0.717) is 24.2 Å². The average molecular weight is 351 g/mol. The summed E-state index contributed by atoms with van der Waals surface area (Å²) in [4.78, 5) is 24.7. The maximum absolute atomic E-state index is 12.6. The van der Waals surface area contributed by atoms with E-state index < -0.39 is 5.97 Å². The Labute approximate surface area is 151 Å². The lowest BCUT2D eigenvalue weighted by molar-refractivity contribution is -0.137. The number of allylic oxidation sites excluding steroid dienone is 1. The lowest BCUT2D eigenvalue weighted by Gasteiger charge is -2.06. The van der Waals surface area contributed by atoms with Gasteiger partial charge in [0.2, 0.25) is 5.12 Å². The number of benzene rings is 2. The van der Waals surface area contributed by atoms with Gasteiger partial charge in [-0.1, -0.05) is 30.3 Å². The molecule has 0 N–H and O–H groups in total. The molecule has 0 bridgehead atoms. The van der Waals surface area contributed by atoms with E-state index in [9.17, 15) is 9.59 Å². The summed E-state index contributed by atoms with van der Waals surface area (Å²) >= 11 is 1.11. The summed E-state index contributed by atoms with van der Waals surface area (Å²) in [6, 6.07) is 16.2. The van der Waals surface area contributed by atoms with E-state index in [4.69, 9.17) is 10.00 Å². The molecule has 0 unspecified atom stereocenters. The number of hydrogen-bond donors (Lipinski definition) is 0. The number of thioether (sulfide) groups is 1. The SMILES string of the molecule is CCOC(=O)/C=C/Cc1ccccc1C(=O)Sc1ccc(C#N)cc1. The molecule has 0 heterocycles. The highest BCUT2D eigenvalue weighted by molar-refractivity contribution is 8.14. The van der Waals surface area contributed by atoms with Crippen molar-refractivity contribution in [2.24, 2.45) is 0 Å². The topological polar surface area (TPSA) is 67.2 Å². The molecule has 25 heavy (non-hydrogen) atoms. The van der Waals surface area contributed by atoms with Crippen LogP contribution in [-0.2, 0) is 16.0 Å². The fourth-order valence-corrected chi connectivity index (χ4v) is 2.92. The van der Waals surface area contributed by atoms with Gasteiger partial charge in [0, 0.05) is 16.5 Å². The Morgan fingerprint density at radius 3 is 2.56 bits per heavy atom. The number of rotatable bonds is 6. The fourth-order valence-electron chi connectivity index (χ4n) is 2.13. The minimum atomic E-state index is -0.390. The molecule has 0 aliphatic heterocycles. The minimum Gasteiger partial charge on any atom is -0.463 e. The van der Waals surface area contributed by atoms with Gasteiger partial charge < -0.3 is 4.74 Å². The van der Waals surface area contributed by atoms with Crippen LogP contribution in [0.15, 0.2) is 65.6 Å². The highest BCUT2D eigenvalue weighted by atomic mass is 32.2. The minimum absolute atomic E-state index is 0.0788. The van der Waals surface area contributed by atoms with Crippen molar-refractivity contribution in [3.05, 3.63) is 77.4 Å². The van der Waals surface area contributed by atoms with Crippen molar-refractivity contribution in [1.82, 2.24) is 0 Å². The summed E-state index contributed by atoms with van der Waals surface area (Å²) in [6.07, 6.45) is 3.53. The average Bonchev–Trinajstić information content (AvgIpc) is 2.63. The molecular formula is C20H17NO3S. The van der Waals surface area contributed by atoms with E-state index in [-0.39, 0.29) is 5.12 Å². The Bertz CT molecular complexity index is 820. The first-order valence-electron chi connectivity index (χ1n) is 7.77. The molecule has 0 atom stereocenters. The zero-order valence-electron chi connectivity index (χ0n) is 13.8. The number of ether oxygens (including phenoxy) is 1. The largest absolute Gasteiger partial charge is 0.463 e. The van der Waals surface area contributed by atoms with Crippen molar-refractivity contribution >= 4 is 22.8 Å². The highest BCUT2D eigenvalue weighted by Crippen LogP contribution is 2.25. The lowest BCUT2D eigenvalue weighted by Crippen LogP contribution is -2.01. The quantitative estimate of drug-likeness (QED) is 0.444. The molecule has 2 rings (SSSR count). The number of hydrogen-bond acceptors (Lipinski definition) is 5. The van der Waals surface area contributed by atoms with Gasteiger partial charge in [-0.15, -0.1) is 0 Å². The van der Waals surface area contributed by atoms with Crippen molar-refractivity contribution in [2.75, 3.05) is 6.61 Å². The molecule has 2 aromatic carbocycles. The third-order valence-corrected chi connectivity index (χ3v) is 4.22. The molecule has 0 aromatic heterocycles. The van der Waals surface area contributed by atoms with E-state index in [2.05, 4.69) is 0 Å². The van der Waals surface area contributed by atoms with Gasteiger partial charge >= 0.3 is 5.97 Å². The van der Waals surface area contributed by atoms with Gasteiger partial charge in [-0.2, -0.15) is 5.26 Å². The molecule has 0 aliphatic rings. The zero-order valence-corrected chi connectivity index (χ0v) is 14.6. The van der Waals surface area contributed by atoms with Gasteiger partial charge in [0.1, 0.15) is 0 Å². The van der Waals surface area contributed by atoms with Crippen LogP contribution in [0, 0.1) is 11.3 Å². The van der Waals surface area contributed by atoms with Gasteiger partial charge in [0.05, 0.1) is 18.2 Å². The number of carbonyl (C=O) groups is 2. The van der Waals surface area contributed by atoms with Crippen molar-refractivity contribution in [1.29, 1.82) is 5.26 Å². The third-order valence-electron chi connectivity index (χ3n) is 3.31. The van der Waals surface area contributed by atoms with Crippen molar-refractivity contribution in [3.8, 4) is 6.07 Å². The van der Waals surface area contributed by atoms with Crippen LogP contribution < -0.4 is 0 Å². The summed E-state index contributed by atoms with van der Waals surface area (Å²) in [5.41, 5.74) is 2.00. The standard InChI is InChI=1S/C20H17NO3S/c1-2-24-19(22)9-5-7-16-6-3-4-8-18(16)20(23)25-17-12-10-15(14-21)11-13-17/h3-6,8-13H,2,7H2,1H3/b9-5+. The Hall–Kier alpha value is -2.84. The fraction of sp³-hybridized carbons (Fsp3) is 0.150. The van der Waals surface area contributed by atoms with Crippen LogP contribution >= 0.6 is 11.8 Å². The smallest absolute Gasteiger partial charge is 0.330 e. The first kappa shape index (κ1) is 18.5. The second kappa shape index (κ2) is 9.45. The zero-order chi connectivity index (χ0) is 18.1. The Kier molecular flexibility index (Phi) is 7.00. The van der Waals surface area contributed by atoms with Crippen LogP contribution in [0.4, 0.5) is 0 Å². The number of nitriles is 1. The normalized spacial score (nSPS) is 10.4. The molecule has 0 fully saturated rings. The Balaban J connectivity index is 2.09. The van der Waals surface area contributed by atoms with Gasteiger partial charge in [0.15, 0.2) is 0 Å². The van der Waals surface area contributed by atoms with E-state index in [1.54, 1.807) is 43.3 Å². The van der Waals surface area contributed by atoms with Crippen LogP contribution in [0.1, 0.15) is 28.4 Å². The Morgan fingerprint density at radius 1 is 1.16 bits per heavy atom. The molecule has 4 nitrogen and oxygen atoms in total. The molecule has 2 aromatic rings. The summed E-state index contributed by atoms with van der Waals surface area (Å²) in [6.45, 7) is 2.08. The molecule has 0 amide bonds. The van der Waals surface area contributed by atoms with Crippen molar-refractivity contribution < 1.29 is 14.3 Å². The second-order valence-electron chi connectivity index (χ2n) is 5.04. The molecule has 0 aliphatic carbocycles. The number of carbonyl (C=O) groups excluding carboxylic acids is 2. The van der Waals surface area contributed by atoms with Gasteiger partial charge in [0.25, 0.3) is 0 Å². The van der Waals surface area contributed by atoms with Crippen LogP contribution in [0.5, 0.6) is 0 Å². The van der Waals surface area contributed by atoms with E-state index in [1.165, 1.54) is 6.08 Å². The molecule has 126 valence electrons. The Morgan fingerprint density at radius 2 is 1.88 bits per heavy atom. The highest BCUT2D eigenvalue weighted by Gasteiger charge is 2.12. The van der Waals surface area contributed by atoms with Crippen molar-refractivity contribution in [3.63, 3.8) is 0 Å². The van der Waals surface area contributed by atoms with Crippen molar-refractivity contribution in [2.45, 2.75) is 18.2 Å².